The molecule has 1 fully saturated rings. The van der Waals surface area contributed by atoms with Crippen molar-refractivity contribution in [2.24, 2.45) is 5.92 Å². The first-order valence-electron chi connectivity index (χ1n) is 7.64. The Kier molecular flexibility index (Phi) is 4.37. The van der Waals surface area contributed by atoms with Crippen molar-refractivity contribution in [1.29, 1.82) is 0 Å². The molecule has 2 amide bonds. The van der Waals surface area contributed by atoms with E-state index in [9.17, 15) is 9.59 Å². The van der Waals surface area contributed by atoms with E-state index in [1.54, 1.807) is 24.3 Å². The summed E-state index contributed by atoms with van der Waals surface area (Å²) in [6.07, 6.45) is 3.70. The molecular weight excluding hydrogens is 290 g/mol. The molecule has 118 valence electrons. The number of carbonyl (C=O) groups is 2. The maximum Gasteiger partial charge on any atom is 0.226 e. The maximum absolute atomic E-state index is 12.6. The van der Waals surface area contributed by atoms with Crippen LogP contribution in [0.1, 0.15) is 23.6 Å². The molecule has 0 spiro atoms. The predicted molar refractivity (Wildman–Crippen MR) is 86.4 cm³/mol. The van der Waals surface area contributed by atoms with Crippen molar-refractivity contribution in [3.8, 4) is 0 Å². The largest absolute Gasteiger partial charge is 0.345 e. The monoisotopic (exact) mass is 309 g/mol. The van der Waals surface area contributed by atoms with Gasteiger partial charge in [0.25, 0.3) is 0 Å². The zero-order chi connectivity index (χ0) is 16.2. The smallest absolute Gasteiger partial charge is 0.226 e. The van der Waals surface area contributed by atoms with Gasteiger partial charge in [-0.2, -0.15) is 0 Å². The molecule has 5 heteroatoms. The third-order valence-corrected chi connectivity index (χ3v) is 4.17. The quantitative estimate of drug-likeness (QED) is 0.936. The molecular formula is C18H19N3O2. The van der Waals surface area contributed by atoms with Crippen LogP contribution in [0.5, 0.6) is 0 Å². The van der Waals surface area contributed by atoms with E-state index in [2.05, 4.69) is 10.3 Å². The van der Waals surface area contributed by atoms with E-state index in [1.807, 2.05) is 42.5 Å². The first-order valence-corrected chi connectivity index (χ1v) is 7.64. The average Bonchev–Trinajstić information content (AvgIpc) is 2.93. The number of aromatic nitrogens is 1. The van der Waals surface area contributed by atoms with Crippen LogP contribution in [0.3, 0.4) is 0 Å². The summed E-state index contributed by atoms with van der Waals surface area (Å²) in [4.78, 5) is 29.9. The first-order chi connectivity index (χ1) is 11.1. The number of hydrogen-bond acceptors (Lipinski definition) is 3. The van der Waals surface area contributed by atoms with Gasteiger partial charge in [0.2, 0.25) is 11.8 Å². The van der Waals surface area contributed by atoms with Crippen molar-refractivity contribution in [2.75, 3.05) is 13.6 Å². The molecule has 1 aromatic carbocycles. The molecule has 2 unspecified atom stereocenters. The van der Waals surface area contributed by atoms with Crippen molar-refractivity contribution in [1.82, 2.24) is 15.2 Å². The molecule has 1 aromatic heterocycles. The molecule has 0 bridgehead atoms. The van der Waals surface area contributed by atoms with Crippen molar-refractivity contribution in [3.63, 3.8) is 0 Å². The molecule has 2 atom stereocenters. The Morgan fingerprint density at radius 1 is 1.17 bits per heavy atom. The van der Waals surface area contributed by atoms with Gasteiger partial charge in [0.05, 0.1) is 12.0 Å². The highest BCUT2D eigenvalue weighted by Gasteiger charge is 2.33. The fraction of sp³-hybridized carbons (Fsp3) is 0.278. The minimum atomic E-state index is -0.291. The SMILES string of the molecule is CN1CC(C(=O)NC(c2ccccc2)c2ccncc2)CC1=O. The van der Waals surface area contributed by atoms with Crippen molar-refractivity contribution in [2.45, 2.75) is 12.5 Å². The number of amides is 2. The second-order valence-corrected chi connectivity index (χ2v) is 5.81. The van der Waals surface area contributed by atoms with Crippen LogP contribution in [0.15, 0.2) is 54.9 Å². The molecule has 3 rings (SSSR count). The van der Waals surface area contributed by atoms with Crippen molar-refractivity contribution < 1.29 is 9.59 Å². The highest BCUT2D eigenvalue weighted by Crippen LogP contribution is 2.23. The van der Waals surface area contributed by atoms with Gasteiger partial charge >= 0.3 is 0 Å². The lowest BCUT2D eigenvalue weighted by atomic mass is 9.98. The van der Waals surface area contributed by atoms with E-state index < -0.39 is 0 Å². The van der Waals surface area contributed by atoms with Crippen LogP contribution in [0.25, 0.3) is 0 Å². The lowest BCUT2D eigenvalue weighted by Crippen LogP contribution is -2.35. The summed E-state index contributed by atoms with van der Waals surface area (Å²) in [5.41, 5.74) is 1.97. The molecule has 1 saturated heterocycles. The van der Waals surface area contributed by atoms with Crippen LogP contribution in [-0.4, -0.2) is 35.3 Å². The summed E-state index contributed by atoms with van der Waals surface area (Å²) in [6, 6.07) is 13.3. The topological polar surface area (TPSA) is 62.3 Å². The van der Waals surface area contributed by atoms with Gasteiger partial charge in [-0.05, 0) is 23.3 Å². The normalized spacial score (nSPS) is 18.7. The van der Waals surface area contributed by atoms with Crippen LogP contribution in [-0.2, 0) is 9.59 Å². The van der Waals surface area contributed by atoms with Crippen LogP contribution < -0.4 is 5.32 Å². The summed E-state index contributed by atoms with van der Waals surface area (Å²) in [7, 11) is 1.73. The Labute approximate surface area is 135 Å². The fourth-order valence-electron chi connectivity index (χ4n) is 2.86. The lowest BCUT2D eigenvalue weighted by Gasteiger charge is -2.21. The van der Waals surface area contributed by atoms with E-state index in [0.717, 1.165) is 11.1 Å². The third-order valence-electron chi connectivity index (χ3n) is 4.17. The van der Waals surface area contributed by atoms with E-state index in [4.69, 9.17) is 0 Å². The Hall–Kier alpha value is -2.69. The minimum absolute atomic E-state index is 0.0188. The summed E-state index contributed by atoms with van der Waals surface area (Å²) in [5.74, 6) is -0.362. The maximum atomic E-state index is 12.6. The van der Waals surface area contributed by atoms with Gasteiger partial charge in [-0.1, -0.05) is 30.3 Å². The van der Waals surface area contributed by atoms with Gasteiger partial charge in [0.1, 0.15) is 0 Å². The van der Waals surface area contributed by atoms with Gasteiger partial charge in [0.15, 0.2) is 0 Å². The van der Waals surface area contributed by atoms with Crippen molar-refractivity contribution >= 4 is 11.8 Å². The number of carbonyl (C=O) groups excluding carboxylic acids is 2. The zero-order valence-corrected chi connectivity index (χ0v) is 13.0. The molecule has 0 radical (unpaired) electrons. The van der Waals surface area contributed by atoms with E-state index in [-0.39, 0.29) is 30.2 Å². The Morgan fingerprint density at radius 3 is 2.43 bits per heavy atom. The van der Waals surface area contributed by atoms with Gasteiger partial charge in [-0.3, -0.25) is 14.6 Å². The second kappa shape index (κ2) is 6.60. The molecule has 2 aromatic rings. The molecule has 1 N–H and O–H groups in total. The van der Waals surface area contributed by atoms with E-state index in [1.165, 1.54) is 0 Å². The Balaban J connectivity index is 1.82. The highest BCUT2D eigenvalue weighted by atomic mass is 16.2. The standard InChI is InChI=1S/C18H19N3O2/c1-21-12-15(11-16(21)22)18(23)20-17(13-5-3-2-4-6-13)14-7-9-19-10-8-14/h2-10,15,17H,11-12H2,1H3,(H,20,23). The first kappa shape index (κ1) is 15.2. The zero-order valence-electron chi connectivity index (χ0n) is 13.0. The molecule has 0 aliphatic carbocycles. The summed E-state index contributed by atoms with van der Waals surface area (Å²) < 4.78 is 0. The fourth-order valence-corrected chi connectivity index (χ4v) is 2.86. The minimum Gasteiger partial charge on any atom is -0.345 e. The predicted octanol–water partition coefficient (Wildman–Crippen LogP) is 1.77. The summed E-state index contributed by atoms with van der Waals surface area (Å²) in [5, 5.41) is 3.09. The molecule has 1 aliphatic rings. The van der Waals surface area contributed by atoms with Gasteiger partial charge < -0.3 is 10.2 Å². The number of rotatable bonds is 4. The number of nitrogens with zero attached hydrogens (tertiary/aromatic N) is 2. The second-order valence-electron chi connectivity index (χ2n) is 5.81. The highest BCUT2D eigenvalue weighted by molar-refractivity contribution is 5.89. The van der Waals surface area contributed by atoms with Crippen LogP contribution in [0.4, 0.5) is 0 Å². The van der Waals surface area contributed by atoms with Gasteiger partial charge in [0, 0.05) is 32.4 Å². The molecule has 0 saturated carbocycles. The van der Waals surface area contributed by atoms with Gasteiger partial charge in [-0.15, -0.1) is 0 Å². The van der Waals surface area contributed by atoms with Crippen LogP contribution >= 0.6 is 0 Å². The lowest BCUT2D eigenvalue weighted by molar-refractivity contribution is -0.128. The van der Waals surface area contributed by atoms with Crippen molar-refractivity contribution in [3.05, 3.63) is 66.0 Å². The third kappa shape index (κ3) is 3.39. The molecule has 23 heavy (non-hydrogen) atoms. The van der Waals surface area contributed by atoms with Crippen LogP contribution in [0.2, 0.25) is 0 Å². The summed E-state index contributed by atoms with van der Waals surface area (Å²) in [6.45, 7) is 0.475. The molecule has 1 aliphatic heterocycles. The number of likely N-dealkylation sites (tertiary alicyclic amines) is 1. The van der Waals surface area contributed by atoms with Crippen LogP contribution in [0, 0.1) is 5.92 Å². The number of benzene rings is 1. The van der Waals surface area contributed by atoms with E-state index >= 15 is 0 Å². The number of hydrogen-bond donors (Lipinski definition) is 1. The number of nitrogens with one attached hydrogen (secondary N) is 1. The molecule has 5 nitrogen and oxygen atoms in total. The Bertz CT molecular complexity index is 648. The van der Waals surface area contributed by atoms with E-state index in [0.29, 0.717) is 6.54 Å². The average molecular weight is 309 g/mol. The van der Waals surface area contributed by atoms with Gasteiger partial charge in [-0.25, -0.2) is 0 Å². The number of pyridine rings is 1. The summed E-state index contributed by atoms with van der Waals surface area (Å²) >= 11 is 0. The Morgan fingerprint density at radius 2 is 1.83 bits per heavy atom. The molecule has 2 heterocycles.